The maximum absolute atomic E-state index is 11.6. The van der Waals surface area contributed by atoms with Crippen molar-refractivity contribution < 1.29 is 19.4 Å². The molecule has 0 aliphatic rings. The minimum Gasteiger partial charge on any atom is -0.507 e. The van der Waals surface area contributed by atoms with Crippen LogP contribution in [0.5, 0.6) is 5.75 Å². The second-order valence-corrected chi connectivity index (χ2v) is 3.50. The van der Waals surface area contributed by atoms with E-state index < -0.39 is 11.8 Å². The number of Topliss-reactive ketones (excluding diaryl/α,β-unsaturated/α-hetero) is 1. The lowest BCUT2D eigenvalue weighted by molar-refractivity contribution is -0.137. The van der Waals surface area contributed by atoms with Crippen LogP contribution in [0.2, 0.25) is 0 Å². The number of carbonyl (C=O) groups excluding carboxylic acids is 2. The van der Waals surface area contributed by atoms with Gasteiger partial charge in [-0.2, -0.15) is 0 Å². The van der Waals surface area contributed by atoms with E-state index in [1.54, 1.807) is 13.8 Å². The summed E-state index contributed by atoms with van der Waals surface area (Å²) in [4.78, 5) is 22.8. The Kier molecular flexibility index (Phi) is 3.66. The first-order chi connectivity index (χ1) is 7.47. The van der Waals surface area contributed by atoms with Gasteiger partial charge in [0.15, 0.2) is 0 Å². The summed E-state index contributed by atoms with van der Waals surface area (Å²) in [6.45, 7) is 5.37. The first kappa shape index (κ1) is 12.2. The van der Waals surface area contributed by atoms with Crippen LogP contribution >= 0.6 is 0 Å². The molecule has 86 valence electrons. The van der Waals surface area contributed by atoms with Crippen molar-refractivity contribution in [3.05, 3.63) is 28.8 Å². The van der Waals surface area contributed by atoms with Crippen molar-refractivity contribution in [2.45, 2.75) is 20.8 Å². The fourth-order valence-corrected chi connectivity index (χ4v) is 1.29. The Morgan fingerprint density at radius 2 is 1.81 bits per heavy atom. The van der Waals surface area contributed by atoms with E-state index in [0.29, 0.717) is 0 Å². The number of hydrogen-bond acceptors (Lipinski definition) is 4. The van der Waals surface area contributed by atoms with Gasteiger partial charge in [0.2, 0.25) is 0 Å². The van der Waals surface area contributed by atoms with Gasteiger partial charge < -0.3 is 9.84 Å². The molecule has 1 N–H and O–H groups in total. The van der Waals surface area contributed by atoms with Crippen LogP contribution in [0.15, 0.2) is 12.1 Å². The number of benzene rings is 1. The molecular weight excluding hydrogens is 208 g/mol. The van der Waals surface area contributed by atoms with Crippen LogP contribution in [0.3, 0.4) is 0 Å². The summed E-state index contributed by atoms with van der Waals surface area (Å²) in [6, 6.07) is 2.95. The third-order valence-corrected chi connectivity index (χ3v) is 2.32. The molecule has 0 unspecified atom stereocenters. The third kappa shape index (κ3) is 2.39. The monoisotopic (exact) mass is 222 g/mol. The second kappa shape index (κ2) is 4.79. The fraction of sp³-hybridized carbons (Fsp3) is 0.333. The highest BCUT2D eigenvalue weighted by molar-refractivity contribution is 6.41. The van der Waals surface area contributed by atoms with Gasteiger partial charge in [-0.25, -0.2) is 4.79 Å². The topological polar surface area (TPSA) is 63.6 Å². The summed E-state index contributed by atoms with van der Waals surface area (Å²) in [5, 5.41) is 9.57. The Morgan fingerprint density at radius 1 is 1.25 bits per heavy atom. The van der Waals surface area contributed by atoms with E-state index in [9.17, 15) is 14.7 Å². The van der Waals surface area contributed by atoms with E-state index in [4.69, 9.17) is 0 Å². The summed E-state index contributed by atoms with van der Waals surface area (Å²) in [5.41, 5.74) is 1.69. The first-order valence-corrected chi connectivity index (χ1v) is 4.99. The van der Waals surface area contributed by atoms with Crippen molar-refractivity contribution in [2.75, 3.05) is 6.61 Å². The molecule has 16 heavy (non-hydrogen) atoms. The first-order valence-electron chi connectivity index (χ1n) is 4.99. The van der Waals surface area contributed by atoms with Gasteiger partial charge >= 0.3 is 5.97 Å². The number of aromatic hydroxyl groups is 1. The van der Waals surface area contributed by atoms with Gasteiger partial charge in [-0.3, -0.25) is 4.79 Å². The fourth-order valence-electron chi connectivity index (χ4n) is 1.29. The maximum atomic E-state index is 11.6. The lowest BCUT2D eigenvalue weighted by Gasteiger charge is -2.07. The van der Waals surface area contributed by atoms with E-state index in [-0.39, 0.29) is 17.9 Å². The summed E-state index contributed by atoms with van der Waals surface area (Å²) in [6.07, 6.45) is 0. The van der Waals surface area contributed by atoms with Crippen LogP contribution in [-0.2, 0) is 9.53 Å². The minimum absolute atomic E-state index is 0.0125. The van der Waals surface area contributed by atoms with Gasteiger partial charge in [-0.05, 0) is 44.0 Å². The van der Waals surface area contributed by atoms with Crippen LogP contribution < -0.4 is 0 Å². The Balaban J connectivity index is 3.09. The Hall–Kier alpha value is -1.84. The van der Waals surface area contributed by atoms with E-state index in [2.05, 4.69) is 4.74 Å². The number of rotatable bonds is 3. The number of esters is 1. The molecule has 0 heterocycles. The van der Waals surface area contributed by atoms with Gasteiger partial charge in [0.05, 0.1) is 12.2 Å². The average molecular weight is 222 g/mol. The normalized spacial score (nSPS) is 9.94. The van der Waals surface area contributed by atoms with Crippen molar-refractivity contribution in [1.29, 1.82) is 0 Å². The van der Waals surface area contributed by atoms with Crippen molar-refractivity contribution in [2.24, 2.45) is 0 Å². The Bertz CT molecular complexity index is 435. The lowest BCUT2D eigenvalue weighted by atomic mass is 10.0. The standard InChI is InChI=1S/C12H14O4/c1-4-16-12(15)11(14)9-5-7(2)8(3)6-10(9)13/h5-6,13H,4H2,1-3H3. The molecule has 0 amide bonds. The molecule has 0 saturated heterocycles. The van der Waals surface area contributed by atoms with Gasteiger partial charge in [0.1, 0.15) is 5.75 Å². The predicted molar refractivity (Wildman–Crippen MR) is 58.5 cm³/mol. The Labute approximate surface area is 93.9 Å². The number of hydrogen-bond donors (Lipinski definition) is 1. The number of phenolic OH excluding ortho intramolecular Hbond substituents is 1. The van der Waals surface area contributed by atoms with Gasteiger partial charge in [0.25, 0.3) is 5.78 Å². The molecule has 0 aromatic heterocycles. The molecule has 0 saturated carbocycles. The SMILES string of the molecule is CCOC(=O)C(=O)c1cc(C)c(C)cc1O. The highest BCUT2D eigenvalue weighted by atomic mass is 16.5. The average Bonchev–Trinajstić information content (AvgIpc) is 2.23. The van der Waals surface area contributed by atoms with E-state index in [1.165, 1.54) is 12.1 Å². The van der Waals surface area contributed by atoms with Crippen LogP contribution in [0.4, 0.5) is 0 Å². The van der Waals surface area contributed by atoms with Crippen LogP contribution in [0.25, 0.3) is 0 Å². The molecule has 1 aromatic rings. The minimum atomic E-state index is -0.943. The highest BCUT2D eigenvalue weighted by Crippen LogP contribution is 2.22. The summed E-state index contributed by atoms with van der Waals surface area (Å²) >= 11 is 0. The number of ether oxygens (including phenoxy) is 1. The maximum Gasteiger partial charge on any atom is 0.379 e. The zero-order valence-electron chi connectivity index (χ0n) is 9.53. The molecule has 0 radical (unpaired) electrons. The smallest absolute Gasteiger partial charge is 0.379 e. The van der Waals surface area contributed by atoms with Gasteiger partial charge in [-0.1, -0.05) is 0 Å². The van der Waals surface area contributed by atoms with Crippen molar-refractivity contribution in [3.63, 3.8) is 0 Å². The number of phenols is 1. The van der Waals surface area contributed by atoms with Crippen molar-refractivity contribution in [3.8, 4) is 5.75 Å². The number of carbonyl (C=O) groups is 2. The largest absolute Gasteiger partial charge is 0.507 e. The van der Waals surface area contributed by atoms with Crippen LogP contribution in [0.1, 0.15) is 28.4 Å². The van der Waals surface area contributed by atoms with Crippen molar-refractivity contribution in [1.82, 2.24) is 0 Å². The summed E-state index contributed by atoms with van der Waals surface area (Å²) < 4.78 is 4.58. The van der Waals surface area contributed by atoms with Gasteiger partial charge in [-0.15, -0.1) is 0 Å². The van der Waals surface area contributed by atoms with E-state index >= 15 is 0 Å². The molecule has 1 rings (SSSR count). The Morgan fingerprint density at radius 3 is 2.38 bits per heavy atom. The van der Waals surface area contributed by atoms with Crippen LogP contribution in [-0.4, -0.2) is 23.5 Å². The zero-order valence-corrected chi connectivity index (χ0v) is 9.53. The quantitative estimate of drug-likeness (QED) is 0.481. The molecule has 0 atom stereocenters. The highest BCUT2D eigenvalue weighted by Gasteiger charge is 2.21. The molecule has 0 aliphatic carbocycles. The van der Waals surface area contributed by atoms with Gasteiger partial charge in [0, 0.05) is 0 Å². The molecule has 0 aliphatic heterocycles. The third-order valence-electron chi connectivity index (χ3n) is 2.32. The molecule has 1 aromatic carbocycles. The summed E-state index contributed by atoms with van der Waals surface area (Å²) in [7, 11) is 0. The molecule has 4 heteroatoms. The zero-order chi connectivity index (χ0) is 12.3. The molecule has 0 fully saturated rings. The predicted octanol–water partition coefficient (Wildman–Crippen LogP) is 1.75. The van der Waals surface area contributed by atoms with E-state index in [1.807, 2.05) is 6.92 Å². The number of ketones is 1. The lowest BCUT2D eigenvalue weighted by Crippen LogP contribution is -2.17. The van der Waals surface area contributed by atoms with Crippen LogP contribution in [0, 0.1) is 13.8 Å². The second-order valence-electron chi connectivity index (χ2n) is 3.50. The molecule has 0 spiro atoms. The van der Waals surface area contributed by atoms with Crippen molar-refractivity contribution >= 4 is 11.8 Å². The molecule has 0 bridgehead atoms. The summed E-state index contributed by atoms with van der Waals surface area (Å²) in [5.74, 6) is -1.95. The van der Waals surface area contributed by atoms with E-state index in [0.717, 1.165) is 11.1 Å². The molecule has 4 nitrogen and oxygen atoms in total. The molecular formula is C12H14O4. The number of aryl methyl sites for hydroxylation is 2.